The van der Waals surface area contributed by atoms with Crippen molar-refractivity contribution in [2.75, 3.05) is 17.7 Å². The lowest BCUT2D eigenvalue weighted by Crippen LogP contribution is -2.27. The van der Waals surface area contributed by atoms with E-state index in [-0.39, 0.29) is 23.8 Å². The second kappa shape index (κ2) is 12.0. The molecule has 2 aliphatic rings. The highest BCUT2D eigenvalue weighted by Crippen LogP contribution is 2.45. The fraction of sp³-hybridized carbons (Fsp3) is 0.250. The Morgan fingerprint density at radius 3 is 2.26 bits per heavy atom. The van der Waals surface area contributed by atoms with Crippen molar-refractivity contribution in [1.82, 2.24) is 0 Å². The minimum absolute atomic E-state index is 0.0726. The van der Waals surface area contributed by atoms with Gasteiger partial charge in [-0.05, 0) is 79.3 Å². The number of hydrogen-bond donors (Lipinski definition) is 2. The number of rotatable bonds is 8. The molecule has 4 aromatic rings. The Kier molecular flexibility index (Phi) is 7.87. The van der Waals surface area contributed by atoms with Crippen molar-refractivity contribution < 1.29 is 19.0 Å². The summed E-state index contributed by atoms with van der Waals surface area (Å²) in [4.78, 5) is 14.0. The predicted octanol–water partition coefficient (Wildman–Crippen LogP) is 8.04. The molecule has 2 unspecified atom stereocenters. The van der Waals surface area contributed by atoms with Crippen LogP contribution in [0.5, 0.6) is 17.2 Å². The summed E-state index contributed by atoms with van der Waals surface area (Å²) in [7, 11) is 1.64. The second-order valence-corrected chi connectivity index (χ2v) is 11.1. The van der Waals surface area contributed by atoms with E-state index >= 15 is 0 Å². The first-order chi connectivity index (χ1) is 20.5. The summed E-state index contributed by atoms with van der Waals surface area (Å²) in [5.41, 5.74) is 6.75. The highest BCUT2D eigenvalue weighted by atomic mass is 16.5. The Hall–Kier alpha value is -4.71. The molecule has 0 aromatic heterocycles. The van der Waals surface area contributed by atoms with Crippen LogP contribution in [-0.2, 0) is 11.4 Å². The van der Waals surface area contributed by atoms with E-state index in [4.69, 9.17) is 14.2 Å². The van der Waals surface area contributed by atoms with Gasteiger partial charge in [-0.2, -0.15) is 0 Å². The van der Waals surface area contributed by atoms with Crippen LogP contribution in [0.1, 0.15) is 55.3 Å². The van der Waals surface area contributed by atoms with Crippen molar-refractivity contribution in [3.63, 3.8) is 0 Å². The zero-order valence-electron chi connectivity index (χ0n) is 24.2. The van der Waals surface area contributed by atoms with Gasteiger partial charge in [0.2, 0.25) is 0 Å². The average Bonchev–Trinajstić information content (AvgIpc) is 3.17. The first-order valence-corrected chi connectivity index (χ1v) is 14.5. The van der Waals surface area contributed by atoms with Gasteiger partial charge in [-0.1, -0.05) is 60.7 Å². The topological polar surface area (TPSA) is 68.8 Å². The third-order valence-electron chi connectivity index (χ3n) is 7.79. The number of Topliss-reactive ketones (excluding diaryl/α,β-unsaturated/α-hetero) is 1. The molecule has 0 radical (unpaired) electrons. The van der Waals surface area contributed by atoms with Gasteiger partial charge < -0.3 is 24.8 Å². The largest absolute Gasteiger partial charge is 0.493 e. The molecule has 0 amide bonds. The number of anilines is 2. The maximum absolute atomic E-state index is 14.0. The molecule has 1 heterocycles. The fourth-order valence-corrected chi connectivity index (χ4v) is 5.79. The van der Waals surface area contributed by atoms with E-state index in [1.165, 1.54) is 0 Å². The molecule has 1 aliphatic heterocycles. The van der Waals surface area contributed by atoms with Gasteiger partial charge in [0.1, 0.15) is 12.4 Å². The number of carbonyl (C=O) groups is 1. The van der Waals surface area contributed by atoms with Crippen LogP contribution in [-0.4, -0.2) is 19.0 Å². The molecule has 0 saturated heterocycles. The van der Waals surface area contributed by atoms with Gasteiger partial charge in [0, 0.05) is 17.7 Å². The molecule has 0 bridgehead atoms. The quantitative estimate of drug-likeness (QED) is 0.227. The summed E-state index contributed by atoms with van der Waals surface area (Å²) in [5.74, 6) is 2.33. The molecule has 42 heavy (non-hydrogen) atoms. The number of benzene rings is 4. The van der Waals surface area contributed by atoms with Gasteiger partial charge >= 0.3 is 0 Å². The van der Waals surface area contributed by atoms with E-state index in [1.807, 2.05) is 98.8 Å². The Bertz CT molecular complexity index is 1590. The lowest BCUT2D eigenvalue weighted by Gasteiger charge is -2.30. The normalized spacial score (nSPS) is 17.9. The SMILES string of the molecule is COc1ccc(C2Nc3ccccc3NC3=C2C(=O)CC(c2ccc(OC(C)C)cc2)C3)cc1OCc1ccccc1. The van der Waals surface area contributed by atoms with Crippen LogP contribution in [0.3, 0.4) is 0 Å². The molecule has 0 saturated carbocycles. The zero-order chi connectivity index (χ0) is 29.1. The van der Waals surface area contributed by atoms with Crippen molar-refractivity contribution in [2.45, 2.75) is 51.4 Å². The van der Waals surface area contributed by atoms with E-state index in [0.717, 1.165) is 51.5 Å². The van der Waals surface area contributed by atoms with Crippen LogP contribution < -0.4 is 24.8 Å². The first kappa shape index (κ1) is 27.5. The van der Waals surface area contributed by atoms with Gasteiger partial charge in [0.05, 0.1) is 30.6 Å². The van der Waals surface area contributed by atoms with E-state index in [0.29, 0.717) is 24.5 Å². The lowest BCUT2D eigenvalue weighted by molar-refractivity contribution is -0.116. The number of fused-ring (bicyclic) bond motifs is 1. The molecule has 4 aromatic carbocycles. The highest BCUT2D eigenvalue weighted by Gasteiger charge is 2.36. The number of para-hydroxylation sites is 2. The van der Waals surface area contributed by atoms with E-state index in [2.05, 4.69) is 22.8 Å². The molecule has 6 heteroatoms. The summed E-state index contributed by atoms with van der Waals surface area (Å²) in [6.07, 6.45) is 1.28. The minimum Gasteiger partial charge on any atom is -0.493 e. The number of hydrogen-bond acceptors (Lipinski definition) is 6. The highest BCUT2D eigenvalue weighted by molar-refractivity contribution is 6.01. The van der Waals surface area contributed by atoms with Crippen LogP contribution in [0.25, 0.3) is 0 Å². The lowest BCUT2D eigenvalue weighted by atomic mass is 9.78. The van der Waals surface area contributed by atoms with Crippen LogP contribution in [0.4, 0.5) is 11.4 Å². The fourth-order valence-electron chi connectivity index (χ4n) is 5.79. The maximum Gasteiger partial charge on any atom is 0.163 e. The number of ketones is 1. The number of nitrogens with one attached hydrogen (secondary N) is 2. The van der Waals surface area contributed by atoms with E-state index < -0.39 is 0 Å². The molecule has 2 N–H and O–H groups in total. The predicted molar refractivity (Wildman–Crippen MR) is 166 cm³/mol. The van der Waals surface area contributed by atoms with E-state index in [9.17, 15) is 4.79 Å². The third kappa shape index (κ3) is 5.84. The van der Waals surface area contributed by atoms with Gasteiger partial charge in [-0.3, -0.25) is 4.79 Å². The number of allylic oxidation sites excluding steroid dienone is 1. The Morgan fingerprint density at radius 1 is 0.810 bits per heavy atom. The molecule has 6 nitrogen and oxygen atoms in total. The Morgan fingerprint density at radius 2 is 1.52 bits per heavy atom. The molecule has 2 atom stereocenters. The van der Waals surface area contributed by atoms with Crippen LogP contribution in [0, 0.1) is 0 Å². The van der Waals surface area contributed by atoms with E-state index in [1.54, 1.807) is 7.11 Å². The summed E-state index contributed by atoms with van der Waals surface area (Å²) in [6, 6.07) is 31.9. The molecule has 6 rings (SSSR count). The monoisotopic (exact) mass is 560 g/mol. The Balaban J connectivity index is 1.35. The molecule has 0 spiro atoms. The van der Waals surface area contributed by atoms with Crippen molar-refractivity contribution in [3.8, 4) is 17.2 Å². The van der Waals surface area contributed by atoms with Gasteiger partial charge in [-0.25, -0.2) is 0 Å². The van der Waals surface area contributed by atoms with Gasteiger partial charge in [-0.15, -0.1) is 0 Å². The summed E-state index contributed by atoms with van der Waals surface area (Å²) < 4.78 is 17.7. The molecular formula is C36H36N2O4. The third-order valence-corrected chi connectivity index (χ3v) is 7.79. The van der Waals surface area contributed by atoms with Gasteiger partial charge in [0.25, 0.3) is 0 Å². The number of carbonyl (C=O) groups excluding carboxylic acids is 1. The second-order valence-electron chi connectivity index (χ2n) is 11.1. The van der Waals surface area contributed by atoms with Crippen LogP contribution >= 0.6 is 0 Å². The average molecular weight is 561 g/mol. The van der Waals surface area contributed by atoms with Crippen LogP contribution in [0.2, 0.25) is 0 Å². The van der Waals surface area contributed by atoms with Crippen molar-refractivity contribution >= 4 is 17.2 Å². The summed E-state index contributed by atoms with van der Waals surface area (Å²) in [6.45, 7) is 4.45. The maximum atomic E-state index is 14.0. The van der Waals surface area contributed by atoms with Gasteiger partial charge in [0.15, 0.2) is 17.3 Å². The number of ether oxygens (including phenoxy) is 3. The van der Waals surface area contributed by atoms with Crippen LogP contribution in [0.15, 0.2) is 108 Å². The standard InChI is InChI=1S/C36H36N2O4/c1-23(2)42-28-16-13-25(14-17-28)27-19-31-35(32(39)20-27)36(38-30-12-8-7-11-29(30)37-31)26-15-18-33(40-3)34(21-26)41-22-24-9-5-4-6-10-24/h4-18,21,23,27,36-38H,19-20,22H2,1-3H3. The summed E-state index contributed by atoms with van der Waals surface area (Å²) >= 11 is 0. The first-order valence-electron chi connectivity index (χ1n) is 14.5. The van der Waals surface area contributed by atoms with Crippen molar-refractivity contribution in [1.29, 1.82) is 0 Å². The van der Waals surface area contributed by atoms with Crippen molar-refractivity contribution in [3.05, 3.63) is 125 Å². The molecule has 0 fully saturated rings. The molecule has 1 aliphatic carbocycles. The number of methoxy groups -OCH3 is 1. The summed E-state index contributed by atoms with van der Waals surface area (Å²) in [5, 5.41) is 7.30. The minimum atomic E-state index is -0.351. The van der Waals surface area contributed by atoms with Crippen molar-refractivity contribution in [2.24, 2.45) is 0 Å². The Labute approximate surface area is 247 Å². The molecular weight excluding hydrogens is 524 g/mol. The smallest absolute Gasteiger partial charge is 0.163 e. The zero-order valence-corrected chi connectivity index (χ0v) is 24.2. The molecule has 214 valence electrons.